The van der Waals surface area contributed by atoms with Crippen LogP contribution in [0, 0.1) is 0 Å². The molecule has 0 spiro atoms. The van der Waals surface area contributed by atoms with Crippen LogP contribution in [0.1, 0.15) is 18.4 Å². The molecule has 0 radical (unpaired) electrons. The molecule has 1 atom stereocenters. The SMILES string of the molecule is O=C(C1CNCCO1)N(Cc1cn(-c2ccccc2)c2ccccc12)C1CC1. The Kier molecular flexibility index (Phi) is 4.63. The molecule has 1 saturated carbocycles. The predicted octanol–water partition coefficient (Wildman–Crippen LogP) is 3.11. The topological polar surface area (TPSA) is 46.5 Å². The van der Waals surface area contributed by atoms with E-state index in [1.807, 2.05) is 11.0 Å². The molecule has 1 aromatic heterocycles. The van der Waals surface area contributed by atoms with Gasteiger partial charge in [0.05, 0.1) is 12.1 Å². The quantitative estimate of drug-likeness (QED) is 0.745. The number of ether oxygens (including phenoxy) is 1. The number of hydrogen-bond donors (Lipinski definition) is 1. The van der Waals surface area contributed by atoms with Crippen LogP contribution < -0.4 is 5.32 Å². The fraction of sp³-hybridized carbons (Fsp3) is 0.348. The second-order valence-corrected chi connectivity index (χ2v) is 7.64. The fourth-order valence-electron chi connectivity index (χ4n) is 4.04. The summed E-state index contributed by atoms with van der Waals surface area (Å²) >= 11 is 0. The van der Waals surface area contributed by atoms with E-state index in [1.54, 1.807) is 0 Å². The van der Waals surface area contributed by atoms with Gasteiger partial charge in [0.1, 0.15) is 6.10 Å². The van der Waals surface area contributed by atoms with Gasteiger partial charge in [-0.05, 0) is 36.6 Å². The maximum absolute atomic E-state index is 13.2. The number of aromatic nitrogens is 1. The summed E-state index contributed by atoms with van der Waals surface area (Å²) in [6, 6.07) is 19.1. The third-order valence-corrected chi connectivity index (χ3v) is 5.64. The van der Waals surface area contributed by atoms with Crippen LogP contribution >= 0.6 is 0 Å². The van der Waals surface area contributed by atoms with Crippen molar-refractivity contribution in [2.75, 3.05) is 19.7 Å². The number of benzene rings is 2. The second kappa shape index (κ2) is 7.41. The summed E-state index contributed by atoms with van der Waals surface area (Å²) in [7, 11) is 0. The largest absolute Gasteiger partial charge is 0.366 e. The molecule has 5 rings (SSSR count). The number of hydrogen-bond acceptors (Lipinski definition) is 3. The summed E-state index contributed by atoms with van der Waals surface area (Å²) in [5, 5.41) is 4.47. The average Bonchev–Trinajstić information content (AvgIpc) is 3.54. The molecule has 3 aromatic rings. The molecule has 1 saturated heterocycles. The van der Waals surface area contributed by atoms with Gasteiger partial charge >= 0.3 is 0 Å². The number of morpholine rings is 1. The normalized spacial score (nSPS) is 19.6. The summed E-state index contributed by atoms with van der Waals surface area (Å²) in [5.74, 6) is 0.117. The lowest BCUT2D eigenvalue weighted by atomic mass is 10.1. The van der Waals surface area contributed by atoms with Crippen LogP contribution in [0.5, 0.6) is 0 Å². The van der Waals surface area contributed by atoms with Crippen molar-refractivity contribution >= 4 is 16.8 Å². The third kappa shape index (κ3) is 3.32. The van der Waals surface area contributed by atoms with E-state index in [1.165, 1.54) is 16.5 Å². The molecule has 2 heterocycles. The van der Waals surface area contributed by atoms with Crippen LogP contribution in [0.4, 0.5) is 0 Å². The Morgan fingerprint density at radius 1 is 1.11 bits per heavy atom. The maximum atomic E-state index is 13.2. The summed E-state index contributed by atoms with van der Waals surface area (Å²) in [6.07, 6.45) is 3.99. The lowest BCUT2D eigenvalue weighted by molar-refractivity contribution is -0.146. The molecule has 2 fully saturated rings. The Hall–Kier alpha value is -2.63. The van der Waals surface area contributed by atoms with Crippen LogP contribution in [-0.4, -0.2) is 47.2 Å². The standard InChI is InChI=1S/C23H25N3O2/c27-23(22-14-24-12-13-28-22)26(19-10-11-19)16-17-15-25(18-6-2-1-3-7-18)21-9-5-4-8-20(17)21/h1-9,15,19,22,24H,10-14,16H2. The van der Waals surface area contributed by atoms with E-state index in [2.05, 4.69) is 64.6 Å². The maximum Gasteiger partial charge on any atom is 0.253 e. The molecule has 1 amide bonds. The molecule has 2 aromatic carbocycles. The molecule has 1 aliphatic carbocycles. The first kappa shape index (κ1) is 17.5. The Labute approximate surface area is 164 Å². The lowest BCUT2D eigenvalue weighted by Gasteiger charge is -2.30. The first-order valence-corrected chi connectivity index (χ1v) is 10.1. The van der Waals surface area contributed by atoms with Gasteiger partial charge in [0, 0.05) is 42.9 Å². The van der Waals surface area contributed by atoms with Crippen molar-refractivity contribution in [1.82, 2.24) is 14.8 Å². The minimum Gasteiger partial charge on any atom is -0.366 e. The summed E-state index contributed by atoms with van der Waals surface area (Å²) < 4.78 is 7.96. The van der Waals surface area contributed by atoms with Crippen molar-refractivity contribution in [3.8, 4) is 5.69 Å². The number of para-hydroxylation sites is 2. The van der Waals surface area contributed by atoms with E-state index in [0.29, 0.717) is 25.7 Å². The van der Waals surface area contributed by atoms with Crippen molar-refractivity contribution in [3.63, 3.8) is 0 Å². The first-order chi connectivity index (χ1) is 13.8. The molecule has 1 N–H and O–H groups in total. The van der Waals surface area contributed by atoms with E-state index >= 15 is 0 Å². The van der Waals surface area contributed by atoms with Gasteiger partial charge in [-0.25, -0.2) is 0 Å². The molecular formula is C23H25N3O2. The third-order valence-electron chi connectivity index (χ3n) is 5.64. The highest BCUT2D eigenvalue weighted by Crippen LogP contribution is 2.32. The molecule has 5 heteroatoms. The number of amides is 1. The molecule has 1 unspecified atom stereocenters. The van der Waals surface area contributed by atoms with Gasteiger partial charge in [-0.1, -0.05) is 36.4 Å². The van der Waals surface area contributed by atoms with Crippen molar-refractivity contribution in [3.05, 3.63) is 66.4 Å². The van der Waals surface area contributed by atoms with E-state index in [-0.39, 0.29) is 12.0 Å². The van der Waals surface area contributed by atoms with E-state index < -0.39 is 0 Å². The Morgan fingerprint density at radius 2 is 1.89 bits per heavy atom. The number of nitrogens with zero attached hydrogens (tertiary/aromatic N) is 2. The van der Waals surface area contributed by atoms with E-state index in [9.17, 15) is 4.79 Å². The van der Waals surface area contributed by atoms with Gasteiger partial charge in [-0.3, -0.25) is 4.79 Å². The second-order valence-electron chi connectivity index (χ2n) is 7.64. The monoisotopic (exact) mass is 375 g/mol. The molecule has 2 aliphatic rings. The zero-order valence-corrected chi connectivity index (χ0v) is 15.9. The fourth-order valence-corrected chi connectivity index (χ4v) is 4.04. The van der Waals surface area contributed by atoms with Gasteiger partial charge in [0.25, 0.3) is 5.91 Å². The molecule has 144 valence electrons. The predicted molar refractivity (Wildman–Crippen MR) is 109 cm³/mol. The molecule has 1 aliphatic heterocycles. The lowest BCUT2D eigenvalue weighted by Crippen LogP contribution is -2.49. The number of nitrogens with one attached hydrogen (secondary N) is 1. The summed E-state index contributed by atoms with van der Waals surface area (Å²) in [5.41, 5.74) is 3.49. The first-order valence-electron chi connectivity index (χ1n) is 10.1. The number of fused-ring (bicyclic) bond motifs is 1. The van der Waals surface area contributed by atoms with Crippen molar-refractivity contribution < 1.29 is 9.53 Å². The van der Waals surface area contributed by atoms with E-state index in [4.69, 9.17) is 4.74 Å². The Bertz CT molecular complexity index is 972. The zero-order valence-electron chi connectivity index (χ0n) is 15.9. The van der Waals surface area contributed by atoms with Crippen LogP contribution in [-0.2, 0) is 16.1 Å². The van der Waals surface area contributed by atoms with Crippen molar-refractivity contribution in [2.45, 2.75) is 31.5 Å². The van der Waals surface area contributed by atoms with Gasteiger partial charge in [-0.15, -0.1) is 0 Å². The smallest absolute Gasteiger partial charge is 0.253 e. The van der Waals surface area contributed by atoms with Crippen LogP contribution in [0.15, 0.2) is 60.8 Å². The average molecular weight is 375 g/mol. The van der Waals surface area contributed by atoms with Crippen LogP contribution in [0.2, 0.25) is 0 Å². The Balaban J connectivity index is 1.49. The van der Waals surface area contributed by atoms with Crippen LogP contribution in [0.3, 0.4) is 0 Å². The highest BCUT2D eigenvalue weighted by atomic mass is 16.5. The zero-order chi connectivity index (χ0) is 18.9. The van der Waals surface area contributed by atoms with Crippen molar-refractivity contribution in [2.24, 2.45) is 0 Å². The van der Waals surface area contributed by atoms with Gasteiger partial charge < -0.3 is 19.5 Å². The molecule has 5 nitrogen and oxygen atoms in total. The minimum absolute atomic E-state index is 0.117. The van der Waals surface area contributed by atoms with Gasteiger partial charge in [0.15, 0.2) is 0 Å². The number of carbonyl (C=O) groups is 1. The summed E-state index contributed by atoms with van der Waals surface area (Å²) in [4.78, 5) is 15.2. The Morgan fingerprint density at radius 3 is 2.64 bits per heavy atom. The highest BCUT2D eigenvalue weighted by molar-refractivity contribution is 5.87. The highest BCUT2D eigenvalue weighted by Gasteiger charge is 2.37. The van der Waals surface area contributed by atoms with Crippen molar-refractivity contribution in [1.29, 1.82) is 0 Å². The van der Waals surface area contributed by atoms with Gasteiger partial charge in [-0.2, -0.15) is 0 Å². The molecular weight excluding hydrogens is 350 g/mol. The number of carbonyl (C=O) groups excluding carboxylic acids is 1. The molecule has 0 bridgehead atoms. The van der Waals surface area contributed by atoms with Gasteiger partial charge in [0.2, 0.25) is 0 Å². The number of rotatable bonds is 5. The molecule has 28 heavy (non-hydrogen) atoms. The minimum atomic E-state index is -0.364. The summed E-state index contributed by atoms with van der Waals surface area (Å²) in [6.45, 7) is 2.65. The van der Waals surface area contributed by atoms with E-state index in [0.717, 1.165) is 25.1 Å². The van der Waals surface area contributed by atoms with Crippen LogP contribution in [0.25, 0.3) is 16.6 Å².